The molecule has 1 unspecified atom stereocenters. The van der Waals surface area contributed by atoms with Crippen LogP contribution in [0, 0.1) is 5.92 Å². The number of rotatable bonds is 32. The van der Waals surface area contributed by atoms with Gasteiger partial charge in [0.2, 0.25) is 10.4 Å². The van der Waals surface area contributed by atoms with Crippen molar-refractivity contribution in [1.82, 2.24) is 0 Å². The van der Waals surface area contributed by atoms with Gasteiger partial charge in [-0.2, -0.15) is 0 Å². The standard InChI is InChI=1S/C34H68O4S.Na/c1-3-5-7-9-11-13-14-15-16-17-18-19-20-21-22-24-26-28-30-32-34(33-38-39(35,36)37)31-29-27-25-23-12-10-8-6-4-2;/h30,32,34H,3-29,31,33H2,1-2H3,(H,35,36,37);/q;+1/p-1/b32-30+;. The second-order valence-electron chi connectivity index (χ2n) is 11.9. The van der Waals surface area contributed by atoms with Crippen molar-refractivity contribution >= 4 is 10.4 Å². The first-order valence-corrected chi connectivity index (χ1v) is 18.6. The minimum Gasteiger partial charge on any atom is -0.726 e. The minimum absolute atomic E-state index is 0. The Bertz CT molecular complexity index is 609. The summed E-state index contributed by atoms with van der Waals surface area (Å²) in [6.45, 7) is 4.51. The van der Waals surface area contributed by atoms with E-state index in [-0.39, 0.29) is 42.1 Å². The molecule has 0 aliphatic carbocycles. The fourth-order valence-electron chi connectivity index (χ4n) is 5.40. The van der Waals surface area contributed by atoms with Crippen molar-refractivity contribution in [2.75, 3.05) is 6.61 Å². The summed E-state index contributed by atoms with van der Waals surface area (Å²) >= 11 is 0. The quantitative estimate of drug-likeness (QED) is 0.0257. The van der Waals surface area contributed by atoms with Crippen molar-refractivity contribution in [3.63, 3.8) is 0 Å². The molecule has 0 aliphatic heterocycles. The zero-order valence-electron chi connectivity index (χ0n) is 27.3. The molecule has 0 N–H and O–H groups in total. The predicted octanol–water partition coefficient (Wildman–Crippen LogP) is 8.60. The van der Waals surface area contributed by atoms with Crippen molar-refractivity contribution in [2.45, 2.75) is 194 Å². The first-order valence-electron chi connectivity index (χ1n) is 17.3. The maximum absolute atomic E-state index is 10.9. The van der Waals surface area contributed by atoms with Gasteiger partial charge < -0.3 is 4.55 Å². The van der Waals surface area contributed by atoms with E-state index in [4.69, 9.17) is 0 Å². The van der Waals surface area contributed by atoms with Crippen LogP contribution in [-0.2, 0) is 14.6 Å². The van der Waals surface area contributed by atoms with Crippen LogP contribution in [0.4, 0.5) is 0 Å². The molecule has 234 valence electrons. The Labute approximate surface area is 273 Å². The van der Waals surface area contributed by atoms with Gasteiger partial charge in [0.15, 0.2) is 0 Å². The van der Waals surface area contributed by atoms with E-state index in [1.807, 2.05) is 0 Å². The van der Waals surface area contributed by atoms with Gasteiger partial charge >= 0.3 is 29.6 Å². The molecule has 4 nitrogen and oxygen atoms in total. The summed E-state index contributed by atoms with van der Waals surface area (Å²) in [4.78, 5) is 0. The number of allylic oxidation sites excluding steroid dienone is 1. The number of hydrogen-bond acceptors (Lipinski definition) is 4. The van der Waals surface area contributed by atoms with E-state index in [1.54, 1.807) is 0 Å². The fourth-order valence-corrected chi connectivity index (χ4v) is 5.74. The van der Waals surface area contributed by atoms with Crippen LogP contribution in [-0.4, -0.2) is 19.6 Å². The second-order valence-corrected chi connectivity index (χ2v) is 13.0. The monoisotopic (exact) mass is 594 g/mol. The zero-order valence-corrected chi connectivity index (χ0v) is 30.1. The first-order chi connectivity index (χ1) is 19.0. The number of hydrogen-bond donors (Lipinski definition) is 0. The van der Waals surface area contributed by atoms with E-state index in [9.17, 15) is 13.0 Å². The van der Waals surface area contributed by atoms with Crippen molar-refractivity contribution < 1.29 is 46.7 Å². The molecule has 0 heterocycles. The molecule has 0 aromatic heterocycles. The molecule has 0 aromatic rings. The predicted molar refractivity (Wildman–Crippen MR) is 169 cm³/mol. The summed E-state index contributed by atoms with van der Waals surface area (Å²) in [6, 6.07) is 0. The summed E-state index contributed by atoms with van der Waals surface area (Å²) in [7, 11) is -4.62. The van der Waals surface area contributed by atoms with Crippen molar-refractivity contribution in [3.8, 4) is 0 Å². The molecular formula is C34H67NaO4S. The topological polar surface area (TPSA) is 66.4 Å². The average molecular weight is 595 g/mol. The molecule has 0 saturated heterocycles. The van der Waals surface area contributed by atoms with Crippen LogP contribution < -0.4 is 29.6 Å². The summed E-state index contributed by atoms with van der Waals surface area (Å²) in [5.74, 6) is 0.0177. The van der Waals surface area contributed by atoms with Crippen molar-refractivity contribution in [3.05, 3.63) is 12.2 Å². The van der Waals surface area contributed by atoms with Crippen molar-refractivity contribution in [1.29, 1.82) is 0 Å². The van der Waals surface area contributed by atoms with Crippen LogP contribution >= 0.6 is 0 Å². The molecule has 0 aromatic carbocycles. The SMILES string of the molecule is CCCCCCCCCCCCCCCCCCC/C=C/C(CCCCCCCCCCC)COS(=O)(=O)[O-].[Na+]. The van der Waals surface area contributed by atoms with E-state index < -0.39 is 10.4 Å². The molecular weight excluding hydrogens is 527 g/mol. The molecule has 40 heavy (non-hydrogen) atoms. The van der Waals surface area contributed by atoms with Gasteiger partial charge in [0.1, 0.15) is 0 Å². The molecule has 0 bridgehead atoms. The summed E-state index contributed by atoms with van der Waals surface area (Å²) < 4.78 is 37.3. The molecule has 0 rings (SSSR count). The third-order valence-corrected chi connectivity index (χ3v) is 8.41. The van der Waals surface area contributed by atoms with E-state index in [2.05, 4.69) is 30.2 Å². The normalized spacial score (nSPS) is 12.7. The zero-order chi connectivity index (χ0) is 28.7. The molecule has 0 aliphatic rings. The van der Waals surface area contributed by atoms with Crippen LogP contribution in [0.1, 0.15) is 194 Å². The van der Waals surface area contributed by atoms with Gasteiger partial charge in [-0.1, -0.05) is 187 Å². The third-order valence-electron chi connectivity index (χ3n) is 7.99. The van der Waals surface area contributed by atoms with Gasteiger partial charge in [-0.05, 0) is 19.3 Å². The number of unbranched alkanes of at least 4 members (excludes halogenated alkanes) is 25. The fraction of sp³-hybridized carbons (Fsp3) is 0.941. The van der Waals surface area contributed by atoms with Crippen LogP contribution in [0.3, 0.4) is 0 Å². The second kappa shape index (κ2) is 34.1. The van der Waals surface area contributed by atoms with E-state index >= 15 is 0 Å². The van der Waals surface area contributed by atoms with Crippen LogP contribution in [0.5, 0.6) is 0 Å². The molecule has 0 radical (unpaired) electrons. The molecule has 0 amide bonds. The summed E-state index contributed by atoms with van der Waals surface area (Å²) in [5, 5.41) is 0. The Balaban J connectivity index is 0. The molecule has 0 spiro atoms. The maximum Gasteiger partial charge on any atom is 1.00 e. The van der Waals surface area contributed by atoms with Crippen LogP contribution in [0.15, 0.2) is 12.2 Å². The molecule has 0 fully saturated rings. The van der Waals surface area contributed by atoms with Gasteiger partial charge in [-0.15, -0.1) is 0 Å². The Morgan fingerprint density at radius 3 is 1.23 bits per heavy atom. The van der Waals surface area contributed by atoms with Gasteiger partial charge in [-0.3, -0.25) is 4.18 Å². The summed E-state index contributed by atoms with van der Waals surface area (Å²) in [5.41, 5.74) is 0. The first kappa shape index (κ1) is 42.7. The summed E-state index contributed by atoms with van der Waals surface area (Å²) in [6.07, 6.45) is 41.0. The molecule has 0 saturated carbocycles. The molecule has 1 atom stereocenters. The van der Waals surface area contributed by atoms with Gasteiger partial charge in [0.05, 0.1) is 6.61 Å². The van der Waals surface area contributed by atoms with Crippen LogP contribution in [0.2, 0.25) is 0 Å². The average Bonchev–Trinajstić information content (AvgIpc) is 2.91. The Morgan fingerprint density at radius 1 is 0.550 bits per heavy atom. The van der Waals surface area contributed by atoms with Crippen molar-refractivity contribution in [2.24, 2.45) is 5.92 Å². The van der Waals surface area contributed by atoms with Crippen LogP contribution in [0.25, 0.3) is 0 Å². The smallest absolute Gasteiger partial charge is 0.726 e. The molecule has 6 heteroatoms. The van der Waals surface area contributed by atoms with Gasteiger partial charge in [0.25, 0.3) is 0 Å². The minimum atomic E-state index is -4.62. The Hall–Kier alpha value is 0.610. The Morgan fingerprint density at radius 2 is 0.875 bits per heavy atom. The van der Waals surface area contributed by atoms with Gasteiger partial charge in [-0.25, -0.2) is 8.42 Å². The van der Waals surface area contributed by atoms with E-state index in [0.29, 0.717) is 0 Å². The maximum atomic E-state index is 10.9. The largest absolute Gasteiger partial charge is 1.00 e. The van der Waals surface area contributed by atoms with E-state index in [0.717, 1.165) is 19.3 Å². The van der Waals surface area contributed by atoms with E-state index in [1.165, 1.54) is 161 Å². The Kier molecular flexibility index (Phi) is 36.4. The van der Waals surface area contributed by atoms with Gasteiger partial charge in [0, 0.05) is 5.92 Å². The third kappa shape index (κ3) is 36.6.